The van der Waals surface area contributed by atoms with Gasteiger partial charge < -0.3 is 4.52 Å². The molecule has 21 heavy (non-hydrogen) atoms. The van der Waals surface area contributed by atoms with Crippen molar-refractivity contribution in [1.82, 2.24) is 25.3 Å². The number of hydrogen-bond acceptors (Lipinski definition) is 6. The summed E-state index contributed by atoms with van der Waals surface area (Å²) in [6.07, 6.45) is 0. The first-order chi connectivity index (χ1) is 10.1. The number of hydrogen-bond donors (Lipinski definition) is 1. The molecule has 1 aromatic carbocycles. The SMILES string of the molecule is Cc1ccc(-c2nc(S[C@H](C)c3nc(C)no3)n[nH]2)cc1. The minimum atomic E-state index is 0.00729. The maximum absolute atomic E-state index is 5.16. The number of nitrogens with zero attached hydrogens (tertiary/aromatic N) is 4. The van der Waals surface area contributed by atoms with Crippen molar-refractivity contribution in [2.24, 2.45) is 0 Å². The molecule has 0 fully saturated rings. The molecule has 2 heterocycles. The molecular weight excluding hydrogens is 286 g/mol. The zero-order chi connectivity index (χ0) is 14.8. The predicted octanol–water partition coefficient (Wildman–Crippen LogP) is 3.32. The van der Waals surface area contributed by atoms with E-state index < -0.39 is 0 Å². The van der Waals surface area contributed by atoms with Gasteiger partial charge in [0.2, 0.25) is 11.0 Å². The molecule has 2 aromatic heterocycles. The lowest BCUT2D eigenvalue weighted by Gasteiger charge is -2.01. The molecule has 3 rings (SSSR count). The zero-order valence-electron chi connectivity index (χ0n) is 12.0. The minimum absolute atomic E-state index is 0.00729. The fourth-order valence-corrected chi connectivity index (χ4v) is 2.58. The minimum Gasteiger partial charge on any atom is -0.338 e. The first-order valence-corrected chi connectivity index (χ1v) is 7.46. The lowest BCUT2D eigenvalue weighted by atomic mass is 10.1. The van der Waals surface area contributed by atoms with E-state index in [2.05, 4.69) is 44.4 Å². The average Bonchev–Trinajstić information content (AvgIpc) is 3.09. The van der Waals surface area contributed by atoms with E-state index in [1.54, 1.807) is 6.92 Å². The number of aromatic amines is 1. The van der Waals surface area contributed by atoms with E-state index in [0.717, 1.165) is 11.4 Å². The van der Waals surface area contributed by atoms with E-state index in [4.69, 9.17) is 4.52 Å². The second kappa shape index (κ2) is 5.69. The first kappa shape index (κ1) is 13.8. The van der Waals surface area contributed by atoms with Gasteiger partial charge in [-0.05, 0) is 20.8 Å². The standard InChI is InChI=1S/C14H15N5OS/c1-8-4-6-11(7-5-8)12-16-14(18-17-12)21-9(2)13-15-10(3)19-20-13/h4-7,9H,1-3H3,(H,16,17,18)/t9-/m1/s1. The van der Waals surface area contributed by atoms with Crippen molar-refractivity contribution >= 4 is 11.8 Å². The molecule has 0 saturated heterocycles. The third-order valence-electron chi connectivity index (χ3n) is 2.96. The normalized spacial score (nSPS) is 12.5. The van der Waals surface area contributed by atoms with Crippen LogP contribution in [0, 0.1) is 13.8 Å². The van der Waals surface area contributed by atoms with Gasteiger partial charge >= 0.3 is 0 Å². The van der Waals surface area contributed by atoms with Crippen LogP contribution in [0.5, 0.6) is 0 Å². The number of aryl methyl sites for hydroxylation is 2. The molecule has 0 radical (unpaired) electrons. The molecule has 0 saturated carbocycles. The Morgan fingerprint density at radius 1 is 1.14 bits per heavy atom. The average molecular weight is 301 g/mol. The summed E-state index contributed by atoms with van der Waals surface area (Å²) in [6, 6.07) is 8.15. The van der Waals surface area contributed by atoms with Crippen LogP contribution in [0.2, 0.25) is 0 Å². The Bertz CT molecular complexity index is 734. The van der Waals surface area contributed by atoms with E-state index in [1.165, 1.54) is 17.3 Å². The van der Waals surface area contributed by atoms with Crippen LogP contribution in [0.3, 0.4) is 0 Å². The summed E-state index contributed by atoms with van der Waals surface area (Å²) in [6.45, 7) is 5.84. The van der Waals surface area contributed by atoms with Crippen molar-refractivity contribution in [2.45, 2.75) is 31.2 Å². The summed E-state index contributed by atoms with van der Waals surface area (Å²) in [5, 5.41) is 11.6. The Morgan fingerprint density at radius 3 is 2.57 bits per heavy atom. The van der Waals surface area contributed by atoms with Crippen molar-refractivity contribution in [2.75, 3.05) is 0 Å². The van der Waals surface area contributed by atoms with Crippen LogP contribution in [0.4, 0.5) is 0 Å². The zero-order valence-corrected chi connectivity index (χ0v) is 12.8. The molecule has 7 heteroatoms. The Hall–Kier alpha value is -2.15. The third kappa shape index (κ3) is 3.13. The van der Waals surface area contributed by atoms with Crippen LogP contribution in [-0.4, -0.2) is 25.3 Å². The van der Waals surface area contributed by atoms with Gasteiger partial charge in [-0.1, -0.05) is 46.7 Å². The van der Waals surface area contributed by atoms with Gasteiger partial charge in [0.25, 0.3) is 0 Å². The molecule has 1 atom stereocenters. The number of H-pyrrole nitrogens is 1. The number of aromatic nitrogens is 5. The molecule has 0 aliphatic heterocycles. The van der Waals surface area contributed by atoms with Gasteiger partial charge in [-0.2, -0.15) is 4.98 Å². The molecule has 0 spiro atoms. The van der Waals surface area contributed by atoms with Gasteiger partial charge in [-0.3, -0.25) is 5.10 Å². The van der Waals surface area contributed by atoms with Gasteiger partial charge in [-0.15, -0.1) is 5.10 Å². The number of nitrogens with one attached hydrogen (secondary N) is 1. The Balaban J connectivity index is 1.74. The number of thioether (sulfide) groups is 1. The quantitative estimate of drug-likeness (QED) is 0.744. The summed E-state index contributed by atoms with van der Waals surface area (Å²) in [5.41, 5.74) is 2.23. The molecule has 108 valence electrons. The second-order valence-corrected chi connectivity index (χ2v) is 6.08. The van der Waals surface area contributed by atoms with Crippen molar-refractivity contribution in [3.05, 3.63) is 41.5 Å². The van der Waals surface area contributed by atoms with Gasteiger partial charge in [0, 0.05) is 5.56 Å². The molecule has 0 unspecified atom stereocenters. The number of benzene rings is 1. The maximum atomic E-state index is 5.16. The Labute approximate surface area is 126 Å². The van der Waals surface area contributed by atoms with Crippen molar-refractivity contribution in [1.29, 1.82) is 0 Å². The third-order valence-corrected chi connectivity index (χ3v) is 3.91. The first-order valence-electron chi connectivity index (χ1n) is 6.58. The van der Waals surface area contributed by atoms with E-state index in [-0.39, 0.29) is 5.25 Å². The molecule has 1 N–H and O–H groups in total. The molecule has 3 aromatic rings. The monoisotopic (exact) mass is 301 g/mol. The van der Waals surface area contributed by atoms with Gasteiger partial charge in [0.1, 0.15) is 0 Å². The van der Waals surface area contributed by atoms with Crippen LogP contribution >= 0.6 is 11.8 Å². The lowest BCUT2D eigenvalue weighted by Crippen LogP contribution is -1.89. The van der Waals surface area contributed by atoms with Crippen molar-refractivity contribution < 1.29 is 4.52 Å². The maximum Gasteiger partial charge on any atom is 0.239 e. The molecule has 0 aliphatic carbocycles. The van der Waals surface area contributed by atoms with E-state index in [1.807, 2.05) is 19.1 Å². The highest BCUT2D eigenvalue weighted by molar-refractivity contribution is 7.99. The summed E-state index contributed by atoms with van der Waals surface area (Å²) in [7, 11) is 0. The molecular formula is C14H15N5OS. The van der Waals surface area contributed by atoms with Gasteiger partial charge in [0.15, 0.2) is 11.6 Å². The highest BCUT2D eigenvalue weighted by atomic mass is 32.2. The largest absolute Gasteiger partial charge is 0.338 e. The molecule has 0 amide bonds. The van der Waals surface area contributed by atoms with E-state index in [9.17, 15) is 0 Å². The molecule has 0 bridgehead atoms. The van der Waals surface area contributed by atoms with Crippen LogP contribution < -0.4 is 0 Å². The molecule has 0 aliphatic rings. The van der Waals surface area contributed by atoms with Crippen LogP contribution in [-0.2, 0) is 0 Å². The smallest absolute Gasteiger partial charge is 0.239 e. The summed E-state index contributed by atoms with van der Waals surface area (Å²) in [5.74, 6) is 1.97. The number of rotatable bonds is 4. The van der Waals surface area contributed by atoms with E-state index in [0.29, 0.717) is 16.9 Å². The summed E-state index contributed by atoms with van der Waals surface area (Å²) >= 11 is 1.48. The Kier molecular flexibility index (Phi) is 3.74. The fourth-order valence-electron chi connectivity index (χ4n) is 1.83. The van der Waals surface area contributed by atoms with Crippen molar-refractivity contribution in [3.63, 3.8) is 0 Å². The van der Waals surface area contributed by atoms with E-state index >= 15 is 0 Å². The van der Waals surface area contributed by atoms with Gasteiger partial charge in [0.05, 0.1) is 5.25 Å². The topological polar surface area (TPSA) is 80.5 Å². The lowest BCUT2D eigenvalue weighted by molar-refractivity contribution is 0.376. The Morgan fingerprint density at radius 2 is 1.90 bits per heavy atom. The fraction of sp³-hybridized carbons (Fsp3) is 0.286. The van der Waals surface area contributed by atoms with Crippen LogP contribution in [0.15, 0.2) is 33.9 Å². The highest BCUT2D eigenvalue weighted by Gasteiger charge is 2.17. The van der Waals surface area contributed by atoms with Crippen LogP contribution in [0.25, 0.3) is 11.4 Å². The highest BCUT2D eigenvalue weighted by Crippen LogP contribution is 2.32. The second-order valence-electron chi connectivity index (χ2n) is 4.77. The van der Waals surface area contributed by atoms with Gasteiger partial charge in [-0.25, -0.2) is 4.98 Å². The summed E-state index contributed by atoms with van der Waals surface area (Å²) in [4.78, 5) is 8.71. The van der Waals surface area contributed by atoms with Crippen LogP contribution in [0.1, 0.15) is 29.5 Å². The predicted molar refractivity (Wildman–Crippen MR) is 79.9 cm³/mol. The summed E-state index contributed by atoms with van der Waals surface area (Å²) < 4.78 is 5.16. The molecule has 6 nitrogen and oxygen atoms in total. The van der Waals surface area contributed by atoms with Crippen molar-refractivity contribution in [3.8, 4) is 11.4 Å².